The molecule has 0 bridgehead atoms. The van der Waals surface area contributed by atoms with E-state index in [-0.39, 0.29) is 0 Å². The monoisotopic (exact) mass is 188 g/mol. The summed E-state index contributed by atoms with van der Waals surface area (Å²) in [5.74, 6) is -0.909. The van der Waals surface area contributed by atoms with Gasteiger partial charge in [0.15, 0.2) is 0 Å². The van der Waals surface area contributed by atoms with Gasteiger partial charge < -0.3 is 5.11 Å². The Bertz CT molecular complexity index is 372. The summed E-state index contributed by atoms with van der Waals surface area (Å²) in [7, 11) is 0. The molecule has 0 amide bonds. The summed E-state index contributed by atoms with van der Waals surface area (Å²) in [6.45, 7) is 5.77. The van der Waals surface area contributed by atoms with Crippen molar-refractivity contribution in [1.82, 2.24) is 0 Å². The Morgan fingerprint density at radius 3 is 2.21 bits per heavy atom. The largest absolute Gasteiger partial charge is 0.478 e. The molecule has 0 unspecified atom stereocenters. The van der Waals surface area contributed by atoms with E-state index in [1.165, 1.54) is 0 Å². The number of carboxylic acid groups (broad SMARTS) is 1. The van der Waals surface area contributed by atoms with Crippen LogP contribution in [0.5, 0.6) is 0 Å². The Hall–Kier alpha value is -1.83. The van der Waals surface area contributed by atoms with E-state index in [4.69, 9.17) is 5.11 Å². The average molecular weight is 188 g/mol. The molecule has 2 heteroatoms. The molecule has 0 atom stereocenters. The maximum absolute atomic E-state index is 10.6. The molecule has 0 radical (unpaired) electrons. The molecule has 2 nitrogen and oxygen atoms in total. The van der Waals surface area contributed by atoms with Crippen LogP contribution in [-0.4, -0.2) is 11.1 Å². The minimum atomic E-state index is -0.909. The first-order valence-corrected chi connectivity index (χ1v) is 4.30. The van der Waals surface area contributed by atoms with E-state index in [1.54, 1.807) is 24.3 Å². The van der Waals surface area contributed by atoms with Gasteiger partial charge in [-0.3, -0.25) is 0 Å². The third-order valence-corrected chi connectivity index (χ3v) is 1.87. The molecule has 0 fully saturated rings. The molecule has 0 aromatic heterocycles. The lowest BCUT2D eigenvalue weighted by molar-refractivity contribution is 0.0697. The Morgan fingerprint density at radius 1 is 1.29 bits per heavy atom. The van der Waals surface area contributed by atoms with E-state index < -0.39 is 5.97 Å². The third kappa shape index (κ3) is 2.33. The van der Waals surface area contributed by atoms with Crippen molar-refractivity contribution >= 4 is 11.5 Å². The number of allylic oxidation sites excluding steroid dienone is 3. The molecular formula is C12H12O2. The lowest BCUT2D eigenvalue weighted by atomic mass is 10.1. The standard InChI is InChI=1S/C12H12O2/c1-3-4-9(2)10-5-7-11(8-6-10)12(13)14/h3-8H,2H2,1H3,(H,13,14)/b4-3-. The van der Waals surface area contributed by atoms with Gasteiger partial charge in [-0.2, -0.15) is 0 Å². The molecular weight excluding hydrogens is 176 g/mol. The number of benzene rings is 1. The minimum absolute atomic E-state index is 0.294. The second-order valence-corrected chi connectivity index (χ2v) is 2.91. The molecule has 1 N–H and O–H groups in total. The van der Waals surface area contributed by atoms with Crippen LogP contribution in [0.15, 0.2) is 43.0 Å². The van der Waals surface area contributed by atoms with Crippen molar-refractivity contribution in [3.8, 4) is 0 Å². The maximum atomic E-state index is 10.6. The minimum Gasteiger partial charge on any atom is -0.478 e. The SMILES string of the molecule is C=C(/C=C\C)c1ccc(C(=O)O)cc1. The summed E-state index contributed by atoms with van der Waals surface area (Å²) < 4.78 is 0. The predicted octanol–water partition coefficient (Wildman–Crippen LogP) is 2.97. The van der Waals surface area contributed by atoms with Crippen LogP contribution in [0.1, 0.15) is 22.8 Å². The molecule has 0 spiro atoms. The number of carbonyl (C=O) groups is 1. The molecule has 0 aliphatic heterocycles. The highest BCUT2D eigenvalue weighted by molar-refractivity contribution is 5.88. The van der Waals surface area contributed by atoms with E-state index in [2.05, 4.69) is 6.58 Å². The number of hydrogen-bond donors (Lipinski definition) is 1. The zero-order valence-electron chi connectivity index (χ0n) is 8.03. The Kier molecular flexibility index (Phi) is 3.24. The van der Waals surface area contributed by atoms with Crippen molar-refractivity contribution in [2.45, 2.75) is 6.92 Å². The van der Waals surface area contributed by atoms with Gasteiger partial charge in [0.05, 0.1) is 5.56 Å². The quantitative estimate of drug-likeness (QED) is 0.740. The van der Waals surface area contributed by atoms with E-state index in [1.807, 2.05) is 19.1 Å². The van der Waals surface area contributed by atoms with Crippen molar-refractivity contribution in [2.24, 2.45) is 0 Å². The summed E-state index contributed by atoms with van der Waals surface area (Å²) in [6, 6.07) is 6.66. The van der Waals surface area contributed by atoms with Crippen LogP contribution in [-0.2, 0) is 0 Å². The summed E-state index contributed by atoms with van der Waals surface area (Å²) in [5.41, 5.74) is 2.11. The number of aromatic carboxylic acids is 1. The highest BCUT2D eigenvalue weighted by Crippen LogP contribution is 2.14. The van der Waals surface area contributed by atoms with Crippen LogP contribution in [0.4, 0.5) is 0 Å². The van der Waals surface area contributed by atoms with Gasteiger partial charge in [-0.05, 0) is 30.2 Å². The molecule has 1 aromatic rings. The van der Waals surface area contributed by atoms with Gasteiger partial charge in [0.25, 0.3) is 0 Å². The van der Waals surface area contributed by atoms with Crippen molar-refractivity contribution < 1.29 is 9.90 Å². The van der Waals surface area contributed by atoms with E-state index in [0.717, 1.165) is 11.1 Å². The summed E-state index contributed by atoms with van der Waals surface area (Å²) >= 11 is 0. The van der Waals surface area contributed by atoms with Crippen molar-refractivity contribution in [2.75, 3.05) is 0 Å². The Balaban J connectivity index is 2.94. The maximum Gasteiger partial charge on any atom is 0.335 e. The van der Waals surface area contributed by atoms with Crippen LogP contribution in [0.2, 0.25) is 0 Å². The second-order valence-electron chi connectivity index (χ2n) is 2.91. The number of rotatable bonds is 3. The smallest absolute Gasteiger partial charge is 0.335 e. The fourth-order valence-electron chi connectivity index (χ4n) is 1.12. The lowest BCUT2D eigenvalue weighted by Gasteiger charge is -2.00. The van der Waals surface area contributed by atoms with Crippen molar-refractivity contribution in [3.63, 3.8) is 0 Å². The summed E-state index contributed by atoms with van der Waals surface area (Å²) in [6.07, 6.45) is 3.78. The molecule has 0 saturated heterocycles. The highest BCUT2D eigenvalue weighted by atomic mass is 16.4. The van der Waals surface area contributed by atoms with Gasteiger partial charge >= 0.3 is 5.97 Å². The number of hydrogen-bond acceptors (Lipinski definition) is 1. The number of carboxylic acids is 1. The lowest BCUT2D eigenvalue weighted by Crippen LogP contribution is -1.95. The average Bonchev–Trinajstić information content (AvgIpc) is 2.18. The molecule has 72 valence electrons. The first-order valence-electron chi connectivity index (χ1n) is 4.30. The third-order valence-electron chi connectivity index (χ3n) is 1.87. The van der Waals surface area contributed by atoms with Gasteiger partial charge in [0, 0.05) is 0 Å². The van der Waals surface area contributed by atoms with Gasteiger partial charge in [-0.25, -0.2) is 4.79 Å². The van der Waals surface area contributed by atoms with Gasteiger partial charge in [-0.1, -0.05) is 30.9 Å². The zero-order valence-corrected chi connectivity index (χ0v) is 8.03. The highest BCUT2D eigenvalue weighted by Gasteiger charge is 2.01. The topological polar surface area (TPSA) is 37.3 Å². The van der Waals surface area contributed by atoms with Crippen LogP contribution in [0.25, 0.3) is 5.57 Å². The normalized spacial score (nSPS) is 10.4. The van der Waals surface area contributed by atoms with Gasteiger partial charge in [-0.15, -0.1) is 0 Å². The van der Waals surface area contributed by atoms with Gasteiger partial charge in [0.2, 0.25) is 0 Å². The molecule has 0 aliphatic carbocycles. The summed E-state index contributed by atoms with van der Waals surface area (Å²) in [5, 5.41) is 8.68. The van der Waals surface area contributed by atoms with Crippen LogP contribution >= 0.6 is 0 Å². The molecule has 1 rings (SSSR count). The van der Waals surface area contributed by atoms with Crippen molar-refractivity contribution in [1.29, 1.82) is 0 Å². The molecule has 0 heterocycles. The van der Waals surface area contributed by atoms with Gasteiger partial charge in [0.1, 0.15) is 0 Å². The summed E-state index contributed by atoms with van der Waals surface area (Å²) in [4.78, 5) is 10.6. The van der Waals surface area contributed by atoms with E-state index in [9.17, 15) is 4.79 Å². The Labute approximate surface area is 83.2 Å². The predicted molar refractivity (Wildman–Crippen MR) is 57.2 cm³/mol. The first kappa shape index (κ1) is 10.3. The van der Waals surface area contributed by atoms with E-state index >= 15 is 0 Å². The fraction of sp³-hybridized carbons (Fsp3) is 0.0833. The molecule has 1 aromatic carbocycles. The fourth-order valence-corrected chi connectivity index (χ4v) is 1.12. The molecule has 0 saturated carbocycles. The first-order chi connectivity index (χ1) is 6.65. The Morgan fingerprint density at radius 2 is 1.79 bits per heavy atom. The molecule has 14 heavy (non-hydrogen) atoms. The zero-order chi connectivity index (χ0) is 10.6. The van der Waals surface area contributed by atoms with Crippen LogP contribution in [0.3, 0.4) is 0 Å². The van der Waals surface area contributed by atoms with Crippen LogP contribution < -0.4 is 0 Å². The second kappa shape index (κ2) is 4.42. The van der Waals surface area contributed by atoms with Crippen molar-refractivity contribution in [3.05, 3.63) is 54.1 Å². The van der Waals surface area contributed by atoms with E-state index in [0.29, 0.717) is 5.56 Å². The molecule has 0 aliphatic rings. The van der Waals surface area contributed by atoms with Crippen LogP contribution in [0, 0.1) is 0 Å².